The maximum Gasteiger partial charge on any atom is 0.211 e. The first kappa shape index (κ1) is 7.02. The fourth-order valence-electron chi connectivity index (χ4n) is 1.10. The molecule has 0 bridgehead atoms. The highest BCUT2D eigenvalue weighted by Crippen LogP contribution is 2.00. The van der Waals surface area contributed by atoms with Crippen molar-refractivity contribution in [3.05, 3.63) is 22.0 Å². The molecule has 2 aromatic rings. The van der Waals surface area contributed by atoms with E-state index < -0.39 is 0 Å². The Morgan fingerprint density at radius 2 is 2.33 bits per heavy atom. The molecule has 0 aliphatic carbocycles. The van der Waals surface area contributed by atoms with Gasteiger partial charge in [0, 0.05) is 11.8 Å². The minimum absolute atomic E-state index is 0.0886. The molecule has 5 heteroatoms. The van der Waals surface area contributed by atoms with E-state index in [-0.39, 0.29) is 5.43 Å². The third kappa shape index (κ3) is 0.903. The minimum atomic E-state index is -0.0886. The molecule has 0 unspecified atom stereocenters. The molecule has 0 saturated carbocycles. The highest BCUT2D eigenvalue weighted by atomic mass is 16.1. The molecule has 5 nitrogen and oxygen atoms in total. The number of nitrogens with one attached hydrogen (secondary N) is 2. The molecule has 0 saturated heterocycles. The van der Waals surface area contributed by atoms with Crippen LogP contribution in [-0.4, -0.2) is 20.4 Å². The van der Waals surface area contributed by atoms with Crippen molar-refractivity contribution in [2.45, 2.75) is 13.3 Å². The van der Waals surface area contributed by atoms with Gasteiger partial charge in [-0.15, -0.1) is 5.10 Å². The van der Waals surface area contributed by atoms with Crippen molar-refractivity contribution in [1.29, 1.82) is 0 Å². The maximum absolute atomic E-state index is 11.3. The van der Waals surface area contributed by atoms with Crippen molar-refractivity contribution < 1.29 is 0 Å². The monoisotopic (exact) mass is 164 g/mol. The van der Waals surface area contributed by atoms with E-state index >= 15 is 0 Å². The van der Waals surface area contributed by atoms with Crippen LogP contribution in [0.1, 0.15) is 12.6 Å². The molecule has 0 atom stereocenters. The number of hydrogen-bond acceptors (Lipinski definition) is 3. The lowest BCUT2D eigenvalue weighted by molar-refractivity contribution is 0.950. The molecule has 2 aromatic heterocycles. The Labute approximate surface area is 67.8 Å². The van der Waals surface area contributed by atoms with Crippen LogP contribution >= 0.6 is 0 Å². The van der Waals surface area contributed by atoms with E-state index in [1.54, 1.807) is 6.07 Å². The Morgan fingerprint density at radius 1 is 1.50 bits per heavy atom. The molecule has 0 aromatic carbocycles. The third-order valence-electron chi connectivity index (χ3n) is 1.75. The first-order valence-corrected chi connectivity index (χ1v) is 3.74. The molecule has 62 valence electrons. The van der Waals surface area contributed by atoms with Crippen LogP contribution in [0.4, 0.5) is 0 Å². The van der Waals surface area contributed by atoms with Crippen molar-refractivity contribution in [3.8, 4) is 0 Å². The van der Waals surface area contributed by atoms with Crippen molar-refractivity contribution in [1.82, 2.24) is 20.4 Å². The number of H-pyrrole nitrogens is 2. The number of rotatable bonds is 1. The van der Waals surface area contributed by atoms with Gasteiger partial charge in [-0.1, -0.05) is 6.92 Å². The van der Waals surface area contributed by atoms with E-state index in [1.165, 1.54) is 0 Å². The standard InChI is InChI=1S/C7H8N4O/c1-2-4-3-5(12)6-7(8-4)10-11-9-6/h3H,2H2,1H3,(H2,8,9,10,11,12). The van der Waals surface area contributed by atoms with Gasteiger partial charge in [0.25, 0.3) is 0 Å². The highest BCUT2D eigenvalue weighted by molar-refractivity contribution is 5.68. The van der Waals surface area contributed by atoms with Gasteiger partial charge >= 0.3 is 0 Å². The second-order valence-corrected chi connectivity index (χ2v) is 2.53. The van der Waals surface area contributed by atoms with E-state index in [1.807, 2.05) is 6.92 Å². The zero-order valence-corrected chi connectivity index (χ0v) is 6.59. The fourth-order valence-corrected chi connectivity index (χ4v) is 1.10. The number of nitrogens with zero attached hydrogens (tertiary/aromatic N) is 2. The first-order valence-electron chi connectivity index (χ1n) is 3.74. The average Bonchev–Trinajstić information content (AvgIpc) is 2.52. The summed E-state index contributed by atoms with van der Waals surface area (Å²) in [5.74, 6) is 0. The van der Waals surface area contributed by atoms with E-state index in [4.69, 9.17) is 0 Å². The molecule has 2 rings (SSSR count). The van der Waals surface area contributed by atoms with Crippen LogP contribution in [0.5, 0.6) is 0 Å². The van der Waals surface area contributed by atoms with E-state index in [9.17, 15) is 4.79 Å². The molecule has 0 fully saturated rings. The van der Waals surface area contributed by atoms with E-state index in [0.717, 1.165) is 12.1 Å². The molecule has 2 N–H and O–H groups in total. The predicted molar refractivity (Wildman–Crippen MR) is 43.9 cm³/mol. The van der Waals surface area contributed by atoms with Gasteiger partial charge in [0.05, 0.1) is 0 Å². The molecular weight excluding hydrogens is 156 g/mol. The quantitative estimate of drug-likeness (QED) is 0.632. The van der Waals surface area contributed by atoms with Gasteiger partial charge in [-0.25, -0.2) is 0 Å². The van der Waals surface area contributed by atoms with Gasteiger partial charge in [0.2, 0.25) is 5.43 Å². The minimum Gasteiger partial charge on any atom is -0.340 e. The van der Waals surface area contributed by atoms with Crippen LogP contribution in [0.15, 0.2) is 10.9 Å². The normalized spacial score (nSPS) is 10.8. The van der Waals surface area contributed by atoms with Gasteiger partial charge in [0.1, 0.15) is 0 Å². The topological polar surface area (TPSA) is 74.4 Å². The molecular formula is C7H8N4O. The van der Waals surface area contributed by atoms with Crippen molar-refractivity contribution in [2.75, 3.05) is 0 Å². The summed E-state index contributed by atoms with van der Waals surface area (Å²) in [6.45, 7) is 1.97. The lowest BCUT2D eigenvalue weighted by atomic mass is 10.3. The number of fused-ring (bicyclic) bond motifs is 1. The summed E-state index contributed by atoms with van der Waals surface area (Å²) in [5, 5.41) is 9.91. The van der Waals surface area contributed by atoms with Crippen molar-refractivity contribution >= 4 is 11.2 Å². The van der Waals surface area contributed by atoms with Crippen LogP contribution in [0.25, 0.3) is 11.2 Å². The zero-order chi connectivity index (χ0) is 8.55. The Bertz CT molecular complexity index is 456. The van der Waals surface area contributed by atoms with E-state index in [0.29, 0.717) is 11.2 Å². The molecule has 0 amide bonds. The van der Waals surface area contributed by atoms with Gasteiger partial charge in [-0.05, 0) is 6.42 Å². The van der Waals surface area contributed by atoms with Gasteiger partial charge in [0.15, 0.2) is 11.2 Å². The summed E-state index contributed by atoms with van der Waals surface area (Å²) in [5.41, 5.74) is 1.68. The first-order chi connectivity index (χ1) is 5.81. The summed E-state index contributed by atoms with van der Waals surface area (Å²) < 4.78 is 0. The maximum atomic E-state index is 11.3. The predicted octanol–water partition coefficient (Wildman–Crippen LogP) is 0.209. The lowest BCUT2D eigenvalue weighted by Crippen LogP contribution is -2.04. The number of aryl methyl sites for hydroxylation is 1. The Kier molecular flexibility index (Phi) is 1.43. The van der Waals surface area contributed by atoms with Crippen molar-refractivity contribution in [3.63, 3.8) is 0 Å². The summed E-state index contributed by atoms with van der Waals surface area (Å²) in [6, 6.07) is 1.55. The third-order valence-corrected chi connectivity index (χ3v) is 1.75. The molecule has 2 heterocycles. The van der Waals surface area contributed by atoms with Crippen LogP contribution in [0.3, 0.4) is 0 Å². The zero-order valence-electron chi connectivity index (χ0n) is 6.59. The largest absolute Gasteiger partial charge is 0.340 e. The van der Waals surface area contributed by atoms with Gasteiger partial charge in [-0.2, -0.15) is 10.3 Å². The number of aromatic nitrogens is 4. The Hall–Kier alpha value is -1.65. The molecule has 12 heavy (non-hydrogen) atoms. The van der Waals surface area contributed by atoms with Crippen LogP contribution in [-0.2, 0) is 6.42 Å². The molecule has 0 aliphatic rings. The fraction of sp³-hybridized carbons (Fsp3) is 0.286. The van der Waals surface area contributed by atoms with Crippen LogP contribution < -0.4 is 5.43 Å². The average molecular weight is 164 g/mol. The molecule has 0 radical (unpaired) electrons. The SMILES string of the molecule is CCc1cc(=O)c2n[nH]nc2[nH]1. The second-order valence-electron chi connectivity index (χ2n) is 2.53. The number of aromatic amines is 2. The lowest BCUT2D eigenvalue weighted by Gasteiger charge is -1.93. The highest BCUT2D eigenvalue weighted by Gasteiger charge is 2.03. The van der Waals surface area contributed by atoms with Crippen molar-refractivity contribution in [2.24, 2.45) is 0 Å². The molecule has 0 spiro atoms. The van der Waals surface area contributed by atoms with Crippen LogP contribution in [0, 0.1) is 0 Å². The van der Waals surface area contributed by atoms with E-state index in [2.05, 4.69) is 20.4 Å². The van der Waals surface area contributed by atoms with Crippen LogP contribution in [0.2, 0.25) is 0 Å². The summed E-state index contributed by atoms with van der Waals surface area (Å²) in [7, 11) is 0. The Morgan fingerprint density at radius 3 is 3.08 bits per heavy atom. The summed E-state index contributed by atoms with van der Waals surface area (Å²) >= 11 is 0. The van der Waals surface area contributed by atoms with Gasteiger partial charge < -0.3 is 4.98 Å². The second kappa shape index (κ2) is 2.44. The smallest absolute Gasteiger partial charge is 0.211 e. The number of pyridine rings is 1. The summed E-state index contributed by atoms with van der Waals surface area (Å²) in [6.07, 6.45) is 0.790. The molecule has 0 aliphatic heterocycles. The van der Waals surface area contributed by atoms with Gasteiger partial charge in [-0.3, -0.25) is 4.79 Å². The Balaban J connectivity index is 2.84. The summed E-state index contributed by atoms with van der Waals surface area (Å²) in [4.78, 5) is 14.3. The number of hydrogen-bond donors (Lipinski definition) is 2.